The van der Waals surface area contributed by atoms with Gasteiger partial charge in [0.05, 0.1) is 24.5 Å². The lowest BCUT2D eigenvalue weighted by Crippen LogP contribution is -1.93. The number of fused-ring (bicyclic) bond motifs is 1. The second-order valence-electron chi connectivity index (χ2n) is 3.11. The van der Waals surface area contributed by atoms with Gasteiger partial charge in [-0.25, -0.2) is 4.98 Å². The molecule has 0 amide bonds. The molecule has 2 heterocycles. The van der Waals surface area contributed by atoms with Gasteiger partial charge < -0.3 is 9.72 Å². The Kier molecular flexibility index (Phi) is 2.55. The molecule has 0 aliphatic carbocycles. The highest BCUT2D eigenvalue weighted by Gasteiger charge is 2.09. The van der Waals surface area contributed by atoms with Crippen LogP contribution in [0.3, 0.4) is 0 Å². The third-order valence-corrected chi connectivity index (χ3v) is 2.19. The van der Waals surface area contributed by atoms with Crippen molar-refractivity contribution in [2.45, 2.75) is 13.3 Å². The van der Waals surface area contributed by atoms with Crippen molar-refractivity contribution in [3.8, 4) is 11.8 Å². The van der Waals surface area contributed by atoms with E-state index in [0.717, 1.165) is 22.3 Å². The number of hydrogen-bond acceptors (Lipinski definition) is 3. The Morgan fingerprint density at radius 1 is 1.60 bits per heavy atom. The molecular formula is C11H11N3O. The fourth-order valence-electron chi connectivity index (χ4n) is 1.59. The lowest BCUT2D eigenvalue weighted by atomic mass is 10.1. The minimum absolute atomic E-state index is 0.367. The first-order valence-corrected chi connectivity index (χ1v) is 4.81. The average Bonchev–Trinajstić information content (AvgIpc) is 2.64. The molecule has 76 valence electrons. The Morgan fingerprint density at radius 2 is 2.47 bits per heavy atom. The second-order valence-corrected chi connectivity index (χ2v) is 3.11. The quantitative estimate of drug-likeness (QED) is 0.826. The summed E-state index contributed by atoms with van der Waals surface area (Å²) in [5.74, 6) is 0.786. The molecule has 2 aromatic heterocycles. The van der Waals surface area contributed by atoms with Gasteiger partial charge in [-0.1, -0.05) is 0 Å². The first-order chi connectivity index (χ1) is 7.36. The van der Waals surface area contributed by atoms with Crippen LogP contribution in [0.5, 0.6) is 5.75 Å². The summed E-state index contributed by atoms with van der Waals surface area (Å²) in [6, 6.07) is 3.95. The van der Waals surface area contributed by atoms with Gasteiger partial charge in [-0.05, 0) is 18.6 Å². The van der Waals surface area contributed by atoms with Gasteiger partial charge in [-0.2, -0.15) is 5.26 Å². The molecule has 0 spiro atoms. The number of aromatic amines is 1. The van der Waals surface area contributed by atoms with E-state index in [1.54, 1.807) is 6.20 Å². The van der Waals surface area contributed by atoms with Crippen LogP contribution in [-0.4, -0.2) is 16.6 Å². The number of H-pyrrole nitrogens is 1. The first-order valence-electron chi connectivity index (χ1n) is 4.81. The fourth-order valence-corrected chi connectivity index (χ4v) is 1.59. The maximum atomic E-state index is 8.69. The van der Waals surface area contributed by atoms with E-state index < -0.39 is 0 Å². The summed E-state index contributed by atoms with van der Waals surface area (Å²) in [6.07, 6.45) is 3.87. The van der Waals surface area contributed by atoms with Crippen LogP contribution >= 0.6 is 0 Å². The van der Waals surface area contributed by atoms with E-state index in [2.05, 4.69) is 16.0 Å². The van der Waals surface area contributed by atoms with Crippen molar-refractivity contribution in [2.24, 2.45) is 0 Å². The maximum Gasteiger partial charge on any atom is 0.141 e. The fraction of sp³-hybridized carbons (Fsp3) is 0.273. The van der Waals surface area contributed by atoms with Crippen molar-refractivity contribution < 1.29 is 4.74 Å². The number of ether oxygens (including phenoxy) is 1. The monoisotopic (exact) mass is 201 g/mol. The van der Waals surface area contributed by atoms with E-state index in [1.807, 2.05) is 19.2 Å². The topological polar surface area (TPSA) is 61.7 Å². The Balaban J connectivity index is 2.59. The minimum Gasteiger partial charge on any atom is -0.493 e. The molecule has 0 unspecified atom stereocenters. The summed E-state index contributed by atoms with van der Waals surface area (Å²) in [7, 11) is 0. The maximum absolute atomic E-state index is 8.69. The molecule has 0 radical (unpaired) electrons. The molecule has 2 rings (SSSR count). The highest BCUT2D eigenvalue weighted by molar-refractivity contribution is 5.86. The van der Waals surface area contributed by atoms with Crippen molar-refractivity contribution >= 4 is 11.0 Å². The zero-order valence-corrected chi connectivity index (χ0v) is 8.45. The molecule has 0 aliphatic rings. The van der Waals surface area contributed by atoms with Crippen LogP contribution in [-0.2, 0) is 6.42 Å². The Bertz CT molecular complexity index is 510. The normalized spacial score (nSPS) is 10.1. The molecule has 4 heteroatoms. The summed E-state index contributed by atoms with van der Waals surface area (Å²) < 4.78 is 5.50. The standard InChI is InChI=1S/C11H11N3O/c1-2-15-9-4-6-13-11-10(9)8(3-5-12)7-14-11/h4,6-7H,2-3H2,1H3,(H,13,14). The lowest BCUT2D eigenvalue weighted by Gasteiger charge is -2.04. The molecule has 2 aromatic rings. The minimum atomic E-state index is 0.367. The van der Waals surface area contributed by atoms with Crippen LogP contribution < -0.4 is 4.74 Å². The molecule has 0 fully saturated rings. The molecule has 0 saturated heterocycles. The van der Waals surface area contributed by atoms with Crippen LogP contribution in [0.2, 0.25) is 0 Å². The highest BCUT2D eigenvalue weighted by Crippen LogP contribution is 2.27. The third-order valence-electron chi connectivity index (χ3n) is 2.19. The predicted molar refractivity (Wildman–Crippen MR) is 56.6 cm³/mol. The van der Waals surface area contributed by atoms with Gasteiger partial charge in [-0.3, -0.25) is 0 Å². The largest absolute Gasteiger partial charge is 0.493 e. The number of nitrogens with zero attached hydrogens (tertiary/aromatic N) is 2. The number of nitriles is 1. The van der Waals surface area contributed by atoms with Crippen LogP contribution in [0, 0.1) is 11.3 Å². The summed E-state index contributed by atoms with van der Waals surface area (Å²) in [5, 5.41) is 9.61. The van der Waals surface area contributed by atoms with Crippen molar-refractivity contribution in [1.82, 2.24) is 9.97 Å². The van der Waals surface area contributed by atoms with Crippen molar-refractivity contribution in [3.63, 3.8) is 0 Å². The van der Waals surface area contributed by atoms with Crippen LogP contribution in [0.25, 0.3) is 11.0 Å². The van der Waals surface area contributed by atoms with Gasteiger partial charge in [0.15, 0.2) is 0 Å². The third kappa shape index (κ3) is 1.64. The molecule has 0 aliphatic heterocycles. The first kappa shape index (κ1) is 9.53. The Labute approximate surface area is 87.5 Å². The number of rotatable bonds is 3. The number of nitrogens with one attached hydrogen (secondary N) is 1. The van der Waals surface area contributed by atoms with Crippen molar-refractivity contribution in [1.29, 1.82) is 5.26 Å². The average molecular weight is 201 g/mol. The van der Waals surface area contributed by atoms with Gasteiger partial charge in [0.2, 0.25) is 0 Å². The molecule has 0 saturated carbocycles. The summed E-state index contributed by atoms with van der Waals surface area (Å²) in [4.78, 5) is 7.21. The van der Waals surface area contributed by atoms with Gasteiger partial charge in [0.1, 0.15) is 11.4 Å². The molecule has 0 atom stereocenters. The number of hydrogen-bond donors (Lipinski definition) is 1. The molecule has 1 N–H and O–H groups in total. The highest BCUT2D eigenvalue weighted by atomic mass is 16.5. The zero-order valence-electron chi connectivity index (χ0n) is 8.45. The second kappa shape index (κ2) is 4.01. The van der Waals surface area contributed by atoms with Crippen LogP contribution in [0.4, 0.5) is 0 Å². The smallest absolute Gasteiger partial charge is 0.141 e. The van der Waals surface area contributed by atoms with Crippen LogP contribution in [0.15, 0.2) is 18.5 Å². The molecular weight excluding hydrogens is 190 g/mol. The van der Waals surface area contributed by atoms with Crippen molar-refractivity contribution in [2.75, 3.05) is 6.61 Å². The lowest BCUT2D eigenvalue weighted by molar-refractivity contribution is 0.344. The summed E-state index contributed by atoms with van der Waals surface area (Å²) >= 11 is 0. The van der Waals surface area contributed by atoms with E-state index in [1.165, 1.54) is 0 Å². The molecule has 0 bridgehead atoms. The Hall–Kier alpha value is -2.02. The van der Waals surface area contributed by atoms with Gasteiger partial charge in [0, 0.05) is 12.4 Å². The summed E-state index contributed by atoms with van der Waals surface area (Å²) in [5.41, 5.74) is 1.70. The van der Waals surface area contributed by atoms with Gasteiger partial charge in [-0.15, -0.1) is 0 Å². The predicted octanol–water partition coefficient (Wildman–Crippen LogP) is 2.03. The van der Waals surface area contributed by atoms with Gasteiger partial charge in [0.25, 0.3) is 0 Å². The number of aromatic nitrogens is 2. The molecule has 0 aromatic carbocycles. The number of pyridine rings is 1. The van der Waals surface area contributed by atoms with E-state index in [0.29, 0.717) is 13.0 Å². The van der Waals surface area contributed by atoms with Gasteiger partial charge >= 0.3 is 0 Å². The van der Waals surface area contributed by atoms with E-state index in [4.69, 9.17) is 10.00 Å². The molecule has 4 nitrogen and oxygen atoms in total. The van der Waals surface area contributed by atoms with Crippen LogP contribution in [0.1, 0.15) is 12.5 Å². The molecule has 15 heavy (non-hydrogen) atoms. The Morgan fingerprint density at radius 3 is 3.20 bits per heavy atom. The zero-order chi connectivity index (χ0) is 10.7. The SMILES string of the molecule is CCOc1ccnc2[nH]cc(CC#N)c12. The van der Waals surface area contributed by atoms with E-state index in [-0.39, 0.29) is 0 Å². The van der Waals surface area contributed by atoms with Crippen molar-refractivity contribution in [3.05, 3.63) is 24.0 Å². The van der Waals surface area contributed by atoms with E-state index >= 15 is 0 Å². The summed E-state index contributed by atoms with van der Waals surface area (Å²) in [6.45, 7) is 2.54. The van der Waals surface area contributed by atoms with E-state index in [9.17, 15) is 0 Å².